The average Bonchev–Trinajstić information content (AvgIpc) is 2.84. The molecular weight excluding hydrogens is 258 g/mol. The van der Waals surface area contributed by atoms with Crippen molar-refractivity contribution in [1.82, 2.24) is 14.8 Å². The van der Waals surface area contributed by atoms with E-state index in [1.54, 1.807) is 20.0 Å². The number of aryl methyl sites for hydroxylation is 2. The summed E-state index contributed by atoms with van der Waals surface area (Å²) < 4.78 is 6.14. The lowest BCUT2D eigenvalue weighted by molar-refractivity contribution is 0.0594. The second-order valence-corrected chi connectivity index (χ2v) is 4.38. The van der Waals surface area contributed by atoms with E-state index in [-0.39, 0.29) is 18.7 Å². The number of esters is 1. The van der Waals surface area contributed by atoms with Gasteiger partial charge < -0.3 is 9.30 Å². The summed E-state index contributed by atoms with van der Waals surface area (Å²) in [5.41, 5.74) is 2.99. The maximum atomic E-state index is 11.9. The van der Waals surface area contributed by atoms with Gasteiger partial charge in [0.15, 0.2) is 0 Å². The zero-order valence-corrected chi connectivity index (χ0v) is 11.3. The number of carbonyl (C=O) groups excluding carboxylic acids is 1. The predicted molar refractivity (Wildman–Crippen MR) is 76.8 cm³/mol. The van der Waals surface area contributed by atoms with Crippen LogP contribution in [0.5, 0.6) is 0 Å². The second-order valence-electron chi connectivity index (χ2n) is 4.38. The number of H-pyrrole nitrogens is 1. The van der Waals surface area contributed by atoms with E-state index in [9.17, 15) is 9.59 Å². The number of methoxy groups -OCH3 is 1. The first-order valence-corrected chi connectivity index (χ1v) is 5.77. The molecule has 0 amide bonds. The zero-order valence-electron chi connectivity index (χ0n) is 11.3. The summed E-state index contributed by atoms with van der Waals surface area (Å²) in [7, 11) is 2.99. The first-order chi connectivity index (χ1) is 8.95. The van der Waals surface area contributed by atoms with Gasteiger partial charge in [0.2, 0.25) is 0 Å². The zero-order chi connectivity index (χ0) is 14.2. The standard InChI is InChI=1S/C13H15N3O3.CH4/c1-7-5-8(2)12(17)16(3)11(7)9-6-10(15-14-9)13(18)19-4;/h5-6H,1-4H3,(H,14,15);1H4. The molecule has 0 saturated carbocycles. The van der Waals surface area contributed by atoms with Crippen molar-refractivity contribution >= 4 is 5.97 Å². The maximum Gasteiger partial charge on any atom is 0.356 e. The summed E-state index contributed by atoms with van der Waals surface area (Å²) in [5.74, 6) is -0.492. The van der Waals surface area contributed by atoms with Crippen LogP contribution in [0.4, 0.5) is 0 Å². The van der Waals surface area contributed by atoms with Crippen LogP contribution < -0.4 is 5.56 Å². The highest BCUT2D eigenvalue weighted by molar-refractivity contribution is 5.88. The van der Waals surface area contributed by atoms with Gasteiger partial charge in [0.25, 0.3) is 5.56 Å². The number of aromatic amines is 1. The number of hydrogen-bond donors (Lipinski definition) is 1. The second kappa shape index (κ2) is 5.73. The van der Waals surface area contributed by atoms with Gasteiger partial charge in [-0.05, 0) is 25.5 Å². The first kappa shape index (κ1) is 15.7. The van der Waals surface area contributed by atoms with Crippen molar-refractivity contribution in [3.63, 3.8) is 0 Å². The molecular formula is C14H19N3O3. The van der Waals surface area contributed by atoms with E-state index in [1.165, 1.54) is 11.7 Å². The van der Waals surface area contributed by atoms with E-state index >= 15 is 0 Å². The molecule has 2 aromatic heterocycles. The fraction of sp³-hybridized carbons (Fsp3) is 0.357. The molecule has 0 spiro atoms. The SMILES string of the molecule is C.COC(=O)c1cc(-c2c(C)cc(C)c(=O)n2C)n[nH]1. The Balaban J connectivity index is 0.00000200. The van der Waals surface area contributed by atoms with E-state index in [0.29, 0.717) is 17.0 Å². The van der Waals surface area contributed by atoms with E-state index < -0.39 is 5.97 Å². The highest BCUT2D eigenvalue weighted by Crippen LogP contribution is 2.20. The van der Waals surface area contributed by atoms with Gasteiger partial charge in [-0.3, -0.25) is 9.89 Å². The van der Waals surface area contributed by atoms with Crippen molar-refractivity contribution < 1.29 is 9.53 Å². The van der Waals surface area contributed by atoms with Crippen molar-refractivity contribution in [2.75, 3.05) is 7.11 Å². The van der Waals surface area contributed by atoms with Crippen LogP contribution in [-0.2, 0) is 11.8 Å². The van der Waals surface area contributed by atoms with Gasteiger partial charge in [0, 0.05) is 18.7 Å². The molecule has 0 fully saturated rings. The third kappa shape index (κ3) is 2.49. The Kier molecular flexibility index (Phi) is 4.49. The van der Waals surface area contributed by atoms with Crippen LogP contribution in [0.25, 0.3) is 11.4 Å². The number of pyridine rings is 1. The third-order valence-electron chi connectivity index (χ3n) is 3.01. The van der Waals surface area contributed by atoms with E-state index in [4.69, 9.17) is 0 Å². The Morgan fingerprint density at radius 2 is 1.95 bits per heavy atom. The monoisotopic (exact) mass is 277 g/mol. The minimum absolute atomic E-state index is 0. The number of ether oxygens (including phenoxy) is 1. The van der Waals surface area contributed by atoms with Gasteiger partial charge >= 0.3 is 5.97 Å². The number of carbonyl (C=O) groups is 1. The largest absolute Gasteiger partial charge is 0.464 e. The van der Waals surface area contributed by atoms with Gasteiger partial charge in [0.05, 0.1) is 12.8 Å². The third-order valence-corrected chi connectivity index (χ3v) is 3.01. The van der Waals surface area contributed by atoms with Crippen LogP contribution in [0.3, 0.4) is 0 Å². The number of hydrogen-bond acceptors (Lipinski definition) is 4. The molecule has 0 aliphatic rings. The molecule has 20 heavy (non-hydrogen) atoms. The molecule has 2 rings (SSSR count). The highest BCUT2D eigenvalue weighted by atomic mass is 16.5. The van der Waals surface area contributed by atoms with Gasteiger partial charge in [-0.2, -0.15) is 5.10 Å². The Labute approximate surface area is 117 Å². The van der Waals surface area contributed by atoms with Crippen LogP contribution in [0.2, 0.25) is 0 Å². The molecule has 0 radical (unpaired) electrons. The molecule has 0 aliphatic carbocycles. The molecule has 108 valence electrons. The molecule has 1 N–H and O–H groups in total. The Bertz CT molecular complexity index is 698. The van der Waals surface area contributed by atoms with Crippen LogP contribution >= 0.6 is 0 Å². The van der Waals surface area contributed by atoms with Gasteiger partial charge in [-0.25, -0.2) is 4.79 Å². The quantitative estimate of drug-likeness (QED) is 0.849. The number of nitrogens with one attached hydrogen (secondary N) is 1. The molecule has 0 aliphatic heterocycles. The van der Waals surface area contributed by atoms with Crippen LogP contribution in [0, 0.1) is 13.8 Å². The molecule has 6 nitrogen and oxygen atoms in total. The molecule has 0 saturated heterocycles. The molecule has 0 bridgehead atoms. The summed E-state index contributed by atoms with van der Waals surface area (Å²) in [5, 5.41) is 6.67. The van der Waals surface area contributed by atoms with Crippen molar-refractivity contribution in [2.24, 2.45) is 7.05 Å². The summed E-state index contributed by atoms with van der Waals surface area (Å²) in [6, 6.07) is 3.38. The van der Waals surface area contributed by atoms with Crippen molar-refractivity contribution in [2.45, 2.75) is 21.3 Å². The van der Waals surface area contributed by atoms with E-state index in [0.717, 1.165) is 5.56 Å². The molecule has 0 atom stereocenters. The lowest BCUT2D eigenvalue weighted by Gasteiger charge is -2.10. The van der Waals surface area contributed by atoms with Gasteiger partial charge in [0.1, 0.15) is 11.4 Å². The Morgan fingerprint density at radius 3 is 2.55 bits per heavy atom. The fourth-order valence-corrected chi connectivity index (χ4v) is 2.12. The number of rotatable bonds is 2. The lowest BCUT2D eigenvalue weighted by Crippen LogP contribution is -2.21. The van der Waals surface area contributed by atoms with Crippen LogP contribution in [0.15, 0.2) is 16.9 Å². The maximum absolute atomic E-state index is 11.9. The van der Waals surface area contributed by atoms with Crippen molar-refractivity contribution in [1.29, 1.82) is 0 Å². The van der Waals surface area contributed by atoms with E-state index in [2.05, 4.69) is 14.9 Å². The molecule has 0 unspecified atom stereocenters. The fourth-order valence-electron chi connectivity index (χ4n) is 2.12. The lowest BCUT2D eigenvalue weighted by atomic mass is 10.1. The van der Waals surface area contributed by atoms with Gasteiger partial charge in [-0.1, -0.05) is 7.43 Å². The normalized spacial score (nSPS) is 10.0. The summed E-state index contributed by atoms with van der Waals surface area (Å²) in [4.78, 5) is 23.3. The minimum Gasteiger partial charge on any atom is -0.464 e. The molecule has 0 aromatic carbocycles. The minimum atomic E-state index is -0.492. The number of nitrogens with zero attached hydrogens (tertiary/aromatic N) is 2. The smallest absolute Gasteiger partial charge is 0.356 e. The topological polar surface area (TPSA) is 77.0 Å². The van der Waals surface area contributed by atoms with Gasteiger partial charge in [-0.15, -0.1) is 0 Å². The number of aromatic nitrogens is 3. The summed E-state index contributed by atoms with van der Waals surface area (Å²) in [6.07, 6.45) is 0. The first-order valence-electron chi connectivity index (χ1n) is 5.77. The van der Waals surface area contributed by atoms with Crippen LogP contribution in [-0.4, -0.2) is 27.8 Å². The highest BCUT2D eigenvalue weighted by Gasteiger charge is 2.15. The van der Waals surface area contributed by atoms with Crippen molar-refractivity contribution in [3.8, 4) is 11.4 Å². The van der Waals surface area contributed by atoms with Crippen LogP contribution in [0.1, 0.15) is 29.0 Å². The average molecular weight is 277 g/mol. The molecule has 2 heterocycles. The van der Waals surface area contributed by atoms with E-state index in [1.807, 2.05) is 13.0 Å². The Hall–Kier alpha value is -2.37. The predicted octanol–water partition coefficient (Wildman–Crippen LogP) is 1.81. The Morgan fingerprint density at radius 1 is 1.30 bits per heavy atom. The summed E-state index contributed by atoms with van der Waals surface area (Å²) >= 11 is 0. The summed E-state index contributed by atoms with van der Waals surface area (Å²) in [6.45, 7) is 3.66. The molecule has 6 heteroatoms. The molecule has 2 aromatic rings. The van der Waals surface area contributed by atoms with Crippen molar-refractivity contribution in [3.05, 3.63) is 39.3 Å².